The first-order valence-electron chi connectivity index (χ1n) is 12.5. The lowest BCUT2D eigenvalue weighted by Crippen LogP contribution is -2.21. The van der Waals surface area contributed by atoms with Crippen molar-refractivity contribution in [1.29, 1.82) is 0 Å². The molecule has 0 aliphatic rings. The number of aryl methyl sites for hydroxylation is 1. The molecule has 0 radical (unpaired) electrons. The highest BCUT2D eigenvalue weighted by Gasteiger charge is 2.32. The summed E-state index contributed by atoms with van der Waals surface area (Å²) in [5, 5.41) is 29.2. The van der Waals surface area contributed by atoms with Crippen molar-refractivity contribution in [1.82, 2.24) is 24.5 Å². The molecule has 38 heavy (non-hydrogen) atoms. The van der Waals surface area contributed by atoms with Gasteiger partial charge in [0.2, 0.25) is 5.82 Å². The molecule has 2 atom stereocenters. The fourth-order valence-corrected chi connectivity index (χ4v) is 4.64. The Balaban J connectivity index is 1.73. The zero-order chi connectivity index (χ0) is 27.9. The molecule has 0 bridgehead atoms. The van der Waals surface area contributed by atoms with E-state index in [1.165, 1.54) is 12.1 Å². The number of hydrogen-bond acceptors (Lipinski definition) is 6. The number of nitrogens with zero attached hydrogens (tertiary/aromatic N) is 4. The van der Waals surface area contributed by atoms with Crippen LogP contribution in [0.3, 0.4) is 0 Å². The summed E-state index contributed by atoms with van der Waals surface area (Å²) in [5.41, 5.74) is 3.63. The minimum Gasteiger partial charge on any atom is -0.504 e. The van der Waals surface area contributed by atoms with Gasteiger partial charge in [0.15, 0.2) is 23.0 Å². The van der Waals surface area contributed by atoms with Crippen molar-refractivity contribution in [3.63, 3.8) is 0 Å². The maximum Gasteiger partial charge on any atom is 0.201 e. The quantitative estimate of drug-likeness (QED) is 0.298. The zero-order valence-corrected chi connectivity index (χ0v) is 22.8. The van der Waals surface area contributed by atoms with Crippen molar-refractivity contribution in [2.75, 3.05) is 13.7 Å². The summed E-state index contributed by atoms with van der Waals surface area (Å²) in [5.74, 6) is -2.81. The molecule has 0 aliphatic carbocycles. The number of imidazole rings is 1. The molecule has 2 unspecified atom stereocenters. The number of hydrogen-bond donors (Lipinski definition) is 3. The number of pyridine rings is 1. The van der Waals surface area contributed by atoms with Gasteiger partial charge in [0.25, 0.3) is 0 Å². The van der Waals surface area contributed by atoms with Crippen molar-refractivity contribution >= 4 is 5.65 Å². The molecule has 0 amide bonds. The van der Waals surface area contributed by atoms with Crippen LogP contribution in [0.25, 0.3) is 16.8 Å². The molecule has 0 saturated carbocycles. The van der Waals surface area contributed by atoms with E-state index in [-0.39, 0.29) is 29.6 Å². The molecule has 0 saturated heterocycles. The van der Waals surface area contributed by atoms with Gasteiger partial charge in [-0.05, 0) is 37.6 Å². The maximum absolute atomic E-state index is 15.2. The predicted molar refractivity (Wildman–Crippen MR) is 141 cm³/mol. The van der Waals surface area contributed by atoms with E-state index in [0.29, 0.717) is 23.4 Å². The van der Waals surface area contributed by atoms with Gasteiger partial charge in [-0.25, -0.2) is 9.37 Å². The van der Waals surface area contributed by atoms with E-state index in [9.17, 15) is 14.6 Å². The summed E-state index contributed by atoms with van der Waals surface area (Å²) in [7, 11) is 3.60. The fraction of sp³-hybridized carbons (Fsp3) is 0.429. The number of aromatic nitrogens is 4. The molecule has 0 aliphatic heterocycles. The normalized spacial score (nSPS) is 13.7. The maximum atomic E-state index is 15.2. The van der Waals surface area contributed by atoms with E-state index in [0.717, 1.165) is 23.0 Å². The molecule has 4 rings (SSSR count). The van der Waals surface area contributed by atoms with Crippen molar-refractivity contribution in [2.24, 2.45) is 12.5 Å². The molecule has 3 aromatic heterocycles. The van der Waals surface area contributed by atoms with Crippen LogP contribution in [0.5, 0.6) is 11.5 Å². The van der Waals surface area contributed by atoms with Crippen LogP contribution in [0, 0.1) is 24.0 Å². The average molecular weight is 528 g/mol. The topological polar surface area (TPSA) is 96.8 Å². The van der Waals surface area contributed by atoms with Gasteiger partial charge < -0.3 is 20.3 Å². The first kappa shape index (κ1) is 27.5. The Hall–Kier alpha value is -3.50. The third kappa shape index (κ3) is 4.98. The van der Waals surface area contributed by atoms with Crippen LogP contribution in [-0.4, -0.2) is 43.0 Å². The second-order valence-electron chi connectivity index (χ2n) is 10.8. The van der Waals surface area contributed by atoms with E-state index in [1.807, 2.05) is 34.6 Å². The summed E-state index contributed by atoms with van der Waals surface area (Å²) in [6, 6.07) is 3.92. The smallest absolute Gasteiger partial charge is 0.201 e. The van der Waals surface area contributed by atoms with Crippen molar-refractivity contribution in [3.8, 4) is 22.6 Å². The highest BCUT2D eigenvalue weighted by Crippen LogP contribution is 2.39. The van der Waals surface area contributed by atoms with E-state index >= 15 is 4.39 Å². The number of ether oxygens (including phenoxy) is 1. The van der Waals surface area contributed by atoms with Crippen molar-refractivity contribution in [3.05, 3.63) is 64.9 Å². The summed E-state index contributed by atoms with van der Waals surface area (Å²) in [6.45, 7) is 10.1. The van der Waals surface area contributed by atoms with Crippen molar-refractivity contribution < 1.29 is 23.7 Å². The fourth-order valence-electron chi connectivity index (χ4n) is 4.64. The van der Waals surface area contributed by atoms with Gasteiger partial charge in [-0.2, -0.15) is 9.49 Å². The van der Waals surface area contributed by atoms with Crippen LogP contribution in [0.15, 0.2) is 30.6 Å². The van der Waals surface area contributed by atoms with Gasteiger partial charge in [0.1, 0.15) is 6.10 Å². The minimum atomic E-state index is -1.12. The van der Waals surface area contributed by atoms with E-state index < -0.39 is 23.2 Å². The number of aliphatic hydroxyl groups excluding tert-OH is 1. The van der Waals surface area contributed by atoms with Crippen LogP contribution in [0.2, 0.25) is 0 Å². The average Bonchev–Trinajstić information content (AvgIpc) is 3.39. The predicted octanol–water partition coefficient (Wildman–Crippen LogP) is 5.01. The highest BCUT2D eigenvalue weighted by molar-refractivity contribution is 5.74. The Labute approximate surface area is 220 Å². The Bertz CT molecular complexity index is 1470. The molecular formula is C28H35F2N5O3. The molecule has 8 nitrogen and oxygen atoms in total. The number of benzene rings is 1. The first-order chi connectivity index (χ1) is 17.8. The molecular weight excluding hydrogens is 492 g/mol. The third-order valence-corrected chi connectivity index (χ3v) is 6.84. The number of aliphatic hydroxyl groups is 1. The highest BCUT2D eigenvalue weighted by atomic mass is 19.2. The summed E-state index contributed by atoms with van der Waals surface area (Å²) in [6.07, 6.45) is 2.53. The Morgan fingerprint density at radius 1 is 1.21 bits per heavy atom. The molecule has 10 heteroatoms. The van der Waals surface area contributed by atoms with Gasteiger partial charge in [-0.3, -0.25) is 9.08 Å². The number of fused-ring (bicyclic) bond motifs is 1. The van der Waals surface area contributed by atoms with E-state index in [2.05, 4.69) is 15.4 Å². The molecule has 3 N–H and O–H groups in total. The van der Waals surface area contributed by atoms with Crippen molar-refractivity contribution in [2.45, 2.75) is 53.2 Å². The second kappa shape index (κ2) is 10.3. The molecule has 0 spiro atoms. The third-order valence-electron chi connectivity index (χ3n) is 6.84. The number of rotatable bonds is 8. The zero-order valence-electron chi connectivity index (χ0n) is 22.8. The molecule has 3 heterocycles. The van der Waals surface area contributed by atoms with Gasteiger partial charge >= 0.3 is 0 Å². The summed E-state index contributed by atoms with van der Waals surface area (Å²) in [4.78, 5) is 4.25. The summed E-state index contributed by atoms with van der Waals surface area (Å²) < 4.78 is 38.9. The monoisotopic (exact) mass is 527 g/mol. The lowest BCUT2D eigenvalue weighted by atomic mass is 9.84. The second-order valence-corrected chi connectivity index (χ2v) is 10.8. The lowest BCUT2D eigenvalue weighted by molar-refractivity contribution is 0.0572. The van der Waals surface area contributed by atoms with Gasteiger partial charge in [-0.15, -0.1) is 0 Å². The van der Waals surface area contributed by atoms with E-state index in [1.54, 1.807) is 35.6 Å². The molecule has 204 valence electrons. The van der Waals surface area contributed by atoms with Gasteiger partial charge in [0.05, 0.1) is 24.2 Å². The molecule has 1 aromatic carbocycles. The van der Waals surface area contributed by atoms with E-state index in [4.69, 9.17) is 4.74 Å². The largest absolute Gasteiger partial charge is 0.504 e. The van der Waals surface area contributed by atoms with Crippen LogP contribution >= 0.6 is 0 Å². The Kier molecular flexibility index (Phi) is 7.49. The number of aromatic hydroxyl groups is 1. The summed E-state index contributed by atoms with van der Waals surface area (Å²) >= 11 is 0. The SMILES string of the molecule is CNCc1cnc2c(O)cc(-c3ccc(F)c(F)c3OCC(C)c3c(C(O)C(C)(C)C)nn(C)c3C)cn12. The number of nitrogens with one attached hydrogen (secondary N) is 1. The Morgan fingerprint density at radius 3 is 2.58 bits per heavy atom. The molecule has 0 fully saturated rings. The van der Waals surface area contributed by atoms with Crippen LogP contribution in [0.4, 0.5) is 8.78 Å². The standard InChI is InChI=1S/C28H35F2N5O3/c1-15(22-16(2)34(7)33-24(22)26(37)28(3,4)5)14-38-25-19(8-9-20(29)23(25)30)17-10-21(36)27-32-12-18(11-31-6)35(27)13-17/h8-10,12-13,15,26,31,36-37H,11,14H2,1-7H3. The van der Waals surface area contributed by atoms with Gasteiger partial charge in [0, 0.05) is 48.1 Å². The molecule has 4 aromatic rings. The van der Waals surface area contributed by atoms with Crippen LogP contribution in [-0.2, 0) is 13.6 Å². The number of halogens is 2. The van der Waals surface area contributed by atoms with Crippen LogP contribution < -0.4 is 10.1 Å². The first-order valence-corrected chi connectivity index (χ1v) is 12.5. The van der Waals surface area contributed by atoms with Gasteiger partial charge in [-0.1, -0.05) is 27.7 Å². The minimum absolute atomic E-state index is 0.00801. The lowest BCUT2D eigenvalue weighted by Gasteiger charge is -2.26. The Morgan fingerprint density at radius 2 is 1.92 bits per heavy atom. The van der Waals surface area contributed by atoms with Crippen LogP contribution in [0.1, 0.15) is 62.4 Å².